The van der Waals surface area contributed by atoms with Gasteiger partial charge in [-0.25, -0.2) is 0 Å². The van der Waals surface area contributed by atoms with Gasteiger partial charge in [0.15, 0.2) is 6.61 Å². The Hall–Kier alpha value is -3.00. The lowest BCUT2D eigenvalue weighted by atomic mass is 10.0. The first kappa shape index (κ1) is 20.7. The van der Waals surface area contributed by atoms with Crippen LogP contribution in [0.5, 0.6) is 5.75 Å². The smallest absolute Gasteiger partial charge is 0.258 e. The highest BCUT2D eigenvalue weighted by atomic mass is 16.5. The predicted molar refractivity (Wildman–Crippen MR) is 115 cm³/mol. The number of nitrogens with one attached hydrogen (secondary N) is 1. The number of rotatable bonds is 6. The van der Waals surface area contributed by atoms with Crippen molar-refractivity contribution in [2.24, 2.45) is 0 Å². The van der Waals surface area contributed by atoms with E-state index in [4.69, 9.17) is 10.00 Å². The summed E-state index contributed by atoms with van der Waals surface area (Å²) < 4.78 is 5.79. The Morgan fingerprint density at radius 2 is 1.90 bits per heavy atom. The van der Waals surface area contributed by atoms with E-state index >= 15 is 0 Å². The van der Waals surface area contributed by atoms with Crippen molar-refractivity contribution in [1.82, 2.24) is 5.32 Å². The molecule has 5 nitrogen and oxygen atoms in total. The number of nitrogens with zero attached hydrogens (tertiary/aromatic N) is 2. The fourth-order valence-electron chi connectivity index (χ4n) is 3.57. The van der Waals surface area contributed by atoms with Crippen LogP contribution in [0.2, 0.25) is 0 Å². The molecule has 0 aliphatic carbocycles. The van der Waals surface area contributed by atoms with Gasteiger partial charge < -0.3 is 15.0 Å². The summed E-state index contributed by atoms with van der Waals surface area (Å²) in [4.78, 5) is 14.6. The molecule has 0 radical (unpaired) electrons. The van der Waals surface area contributed by atoms with Crippen LogP contribution in [0.25, 0.3) is 0 Å². The lowest BCUT2D eigenvalue weighted by Crippen LogP contribution is -2.46. The number of anilines is 1. The first-order valence-electron chi connectivity index (χ1n) is 10.2. The zero-order valence-electron chi connectivity index (χ0n) is 17.4. The van der Waals surface area contributed by atoms with E-state index in [2.05, 4.69) is 36.2 Å². The number of carbonyl (C=O) groups excluding carboxylic acids is 1. The molecular weight excluding hydrogens is 362 g/mol. The van der Waals surface area contributed by atoms with Crippen molar-refractivity contribution in [3.05, 3.63) is 59.2 Å². The summed E-state index contributed by atoms with van der Waals surface area (Å²) in [6, 6.07) is 16.2. The molecule has 5 heteroatoms. The predicted octanol–water partition coefficient (Wildman–Crippen LogP) is 4.15. The second-order valence-corrected chi connectivity index (χ2v) is 7.96. The molecule has 1 aliphatic rings. The molecule has 1 amide bonds. The van der Waals surface area contributed by atoms with Crippen LogP contribution in [0.4, 0.5) is 5.69 Å². The monoisotopic (exact) mass is 391 g/mol. The number of nitriles is 1. The second kappa shape index (κ2) is 9.47. The van der Waals surface area contributed by atoms with Crippen LogP contribution in [0, 0.1) is 18.3 Å². The third-order valence-corrected chi connectivity index (χ3v) is 5.46. The molecule has 29 heavy (non-hydrogen) atoms. The maximum absolute atomic E-state index is 12.4. The Bertz CT molecular complexity index is 876. The standard InChI is InChI=1S/C24H29N3O2/c1-17(2)20-7-4-18(3)23(14-20)29-16-24(28)26-21-10-12-27(13-11-21)22-8-5-19(15-25)6-9-22/h4-9,14,17,21H,10-13,16H2,1-3H3,(H,26,28). The zero-order valence-corrected chi connectivity index (χ0v) is 17.4. The normalized spacial score (nSPS) is 14.5. The molecule has 3 rings (SSSR count). The molecule has 0 unspecified atom stereocenters. The van der Waals surface area contributed by atoms with E-state index in [1.807, 2.05) is 43.3 Å². The van der Waals surface area contributed by atoms with Crippen LogP contribution in [0.1, 0.15) is 49.3 Å². The minimum atomic E-state index is -0.0730. The van der Waals surface area contributed by atoms with E-state index in [1.54, 1.807) is 0 Å². The van der Waals surface area contributed by atoms with E-state index in [0.717, 1.165) is 42.9 Å². The van der Waals surface area contributed by atoms with Crippen LogP contribution < -0.4 is 15.0 Å². The zero-order chi connectivity index (χ0) is 20.8. The minimum Gasteiger partial charge on any atom is -0.483 e. The topological polar surface area (TPSA) is 65.4 Å². The van der Waals surface area contributed by atoms with E-state index in [1.165, 1.54) is 5.56 Å². The number of benzene rings is 2. The van der Waals surface area contributed by atoms with Crippen molar-refractivity contribution in [3.63, 3.8) is 0 Å². The summed E-state index contributed by atoms with van der Waals surface area (Å²) in [6.07, 6.45) is 1.79. The van der Waals surface area contributed by atoms with Gasteiger partial charge in [-0.05, 0) is 67.1 Å². The number of ether oxygens (including phenoxy) is 1. The number of piperidine rings is 1. The molecule has 2 aromatic carbocycles. The third-order valence-electron chi connectivity index (χ3n) is 5.46. The van der Waals surface area contributed by atoms with Gasteiger partial charge in [-0.1, -0.05) is 26.0 Å². The van der Waals surface area contributed by atoms with Crippen molar-refractivity contribution < 1.29 is 9.53 Å². The summed E-state index contributed by atoms with van der Waals surface area (Å²) >= 11 is 0. The van der Waals surface area contributed by atoms with Gasteiger partial charge in [-0.2, -0.15) is 5.26 Å². The quantitative estimate of drug-likeness (QED) is 0.803. The average Bonchev–Trinajstić information content (AvgIpc) is 2.73. The van der Waals surface area contributed by atoms with E-state index in [0.29, 0.717) is 11.5 Å². The summed E-state index contributed by atoms with van der Waals surface area (Å²) in [5.74, 6) is 1.13. The van der Waals surface area contributed by atoms with Crippen LogP contribution in [0.3, 0.4) is 0 Å². The summed E-state index contributed by atoms with van der Waals surface area (Å²) in [6.45, 7) is 8.09. The van der Waals surface area contributed by atoms with Gasteiger partial charge in [0.2, 0.25) is 0 Å². The Balaban J connectivity index is 1.46. The summed E-state index contributed by atoms with van der Waals surface area (Å²) in [7, 11) is 0. The molecule has 0 atom stereocenters. The molecule has 0 aromatic heterocycles. The van der Waals surface area contributed by atoms with E-state index in [9.17, 15) is 4.79 Å². The maximum Gasteiger partial charge on any atom is 0.258 e. The van der Waals surface area contributed by atoms with Crippen LogP contribution in [-0.4, -0.2) is 31.6 Å². The van der Waals surface area contributed by atoms with Gasteiger partial charge in [0, 0.05) is 24.8 Å². The number of aryl methyl sites for hydroxylation is 1. The minimum absolute atomic E-state index is 0.0399. The highest BCUT2D eigenvalue weighted by molar-refractivity contribution is 5.78. The Labute approximate surface area is 173 Å². The molecule has 1 aliphatic heterocycles. The number of amides is 1. The molecule has 0 spiro atoms. The molecule has 0 saturated carbocycles. The number of carbonyl (C=O) groups is 1. The van der Waals surface area contributed by atoms with Crippen LogP contribution in [0.15, 0.2) is 42.5 Å². The molecule has 1 heterocycles. The van der Waals surface area contributed by atoms with Crippen molar-refractivity contribution in [3.8, 4) is 11.8 Å². The van der Waals surface area contributed by atoms with E-state index in [-0.39, 0.29) is 18.6 Å². The highest BCUT2D eigenvalue weighted by Crippen LogP contribution is 2.24. The van der Waals surface area contributed by atoms with Gasteiger partial charge in [-0.3, -0.25) is 4.79 Å². The molecule has 2 aromatic rings. The van der Waals surface area contributed by atoms with Crippen LogP contribution in [-0.2, 0) is 4.79 Å². The first-order chi connectivity index (χ1) is 14.0. The van der Waals surface area contributed by atoms with Crippen molar-refractivity contribution in [1.29, 1.82) is 5.26 Å². The van der Waals surface area contributed by atoms with Gasteiger partial charge in [0.1, 0.15) is 5.75 Å². The average molecular weight is 392 g/mol. The molecule has 1 fully saturated rings. The van der Waals surface area contributed by atoms with Gasteiger partial charge >= 0.3 is 0 Å². The van der Waals surface area contributed by atoms with Crippen molar-refractivity contribution in [2.75, 3.05) is 24.6 Å². The fraction of sp³-hybridized carbons (Fsp3) is 0.417. The van der Waals surface area contributed by atoms with Crippen molar-refractivity contribution in [2.45, 2.75) is 45.6 Å². The van der Waals surface area contributed by atoms with E-state index < -0.39 is 0 Å². The summed E-state index contributed by atoms with van der Waals surface area (Å²) in [5, 5.41) is 12.0. The summed E-state index contributed by atoms with van der Waals surface area (Å²) in [5.41, 5.74) is 4.04. The molecule has 152 valence electrons. The van der Waals surface area contributed by atoms with Crippen molar-refractivity contribution >= 4 is 11.6 Å². The van der Waals surface area contributed by atoms with Crippen LogP contribution >= 0.6 is 0 Å². The molecule has 1 saturated heterocycles. The lowest BCUT2D eigenvalue weighted by molar-refractivity contribution is -0.123. The Kier molecular flexibility index (Phi) is 6.77. The first-order valence-corrected chi connectivity index (χ1v) is 10.2. The fourth-order valence-corrected chi connectivity index (χ4v) is 3.57. The third kappa shape index (κ3) is 5.51. The number of hydrogen-bond donors (Lipinski definition) is 1. The molecule has 0 bridgehead atoms. The SMILES string of the molecule is Cc1ccc(C(C)C)cc1OCC(=O)NC1CCN(c2ccc(C#N)cc2)CC1. The van der Waals surface area contributed by atoms with Gasteiger partial charge in [-0.15, -0.1) is 0 Å². The largest absolute Gasteiger partial charge is 0.483 e. The Morgan fingerprint density at radius 1 is 1.21 bits per heavy atom. The highest BCUT2D eigenvalue weighted by Gasteiger charge is 2.21. The second-order valence-electron chi connectivity index (χ2n) is 7.96. The van der Waals surface area contributed by atoms with Gasteiger partial charge in [0.05, 0.1) is 11.6 Å². The molecule has 1 N–H and O–H groups in total. The van der Waals surface area contributed by atoms with Gasteiger partial charge in [0.25, 0.3) is 5.91 Å². The lowest BCUT2D eigenvalue weighted by Gasteiger charge is -2.34. The number of hydrogen-bond acceptors (Lipinski definition) is 4. The molecular formula is C24H29N3O2. The maximum atomic E-state index is 12.4. The Morgan fingerprint density at radius 3 is 2.52 bits per heavy atom.